The first kappa shape index (κ1) is 12.5. The molecule has 0 bridgehead atoms. The highest BCUT2D eigenvalue weighted by molar-refractivity contribution is 5.82. The number of hydrogen-bond acceptors (Lipinski definition) is 2. The predicted octanol–water partition coefficient (Wildman–Crippen LogP) is 1.78. The highest BCUT2D eigenvalue weighted by atomic mass is 16.2. The average Bonchev–Trinajstić information content (AvgIpc) is 2.26. The van der Waals surface area contributed by atoms with E-state index in [0.717, 1.165) is 25.9 Å². The first-order chi connectivity index (χ1) is 7.16. The van der Waals surface area contributed by atoms with Crippen molar-refractivity contribution >= 4 is 5.91 Å². The van der Waals surface area contributed by atoms with Gasteiger partial charge in [0.25, 0.3) is 0 Å². The minimum atomic E-state index is 0.0766. The van der Waals surface area contributed by atoms with E-state index in [1.54, 1.807) is 0 Å². The van der Waals surface area contributed by atoms with Crippen LogP contribution in [0.15, 0.2) is 0 Å². The van der Waals surface area contributed by atoms with Gasteiger partial charge in [-0.3, -0.25) is 4.79 Å². The maximum absolute atomic E-state index is 12.2. The molecule has 1 aliphatic rings. The third-order valence-corrected chi connectivity index (χ3v) is 2.98. The van der Waals surface area contributed by atoms with E-state index >= 15 is 0 Å². The molecule has 3 heteroatoms. The van der Waals surface area contributed by atoms with E-state index in [0.29, 0.717) is 11.9 Å². The lowest BCUT2D eigenvalue weighted by molar-refractivity contribution is -0.135. The van der Waals surface area contributed by atoms with E-state index in [-0.39, 0.29) is 6.04 Å². The van der Waals surface area contributed by atoms with Crippen molar-refractivity contribution in [2.75, 3.05) is 13.1 Å². The van der Waals surface area contributed by atoms with Gasteiger partial charge in [-0.25, -0.2) is 0 Å². The second-order valence-corrected chi connectivity index (χ2v) is 4.63. The second-order valence-electron chi connectivity index (χ2n) is 4.63. The fourth-order valence-electron chi connectivity index (χ4n) is 2.13. The lowest BCUT2D eigenvalue weighted by Crippen LogP contribution is -2.50. The Morgan fingerprint density at radius 3 is 2.67 bits per heavy atom. The topological polar surface area (TPSA) is 32.3 Å². The first-order valence-corrected chi connectivity index (χ1v) is 6.20. The van der Waals surface area contributed by atoms with Crippen LogP contribution in [0.3, 0.4) is 0 Å². The Bertz CT molecular complexity index is 198. The second kappa shape index (κ2) is 6.11. The average molecular weight is 212 g/mol. The molecule has 1 saturated heterocycles. The number of carbonyl (C=O) groups is 1. The van der Waals surface area contributed by atoms with Gasteiger partial charge in [-0.05, 0) is 39.7 Å². The van der Waals surface area contributed by atoms with Crippen LogP contribution in [0.25, 0.3) is 0 Å². The number of amides is 1. The summed E-state index contributed by atoms with van der Waals surface area (Å²) in [6.07, 6.45) is 4.43. The number of carbonyl (C=O) groups excluding carboxylic acids is 1. The van der Waals surface area contributed by atoms with Crippen molar-refractivity contribution in [2.24, 2.45) is 0 Å². The molecule has 1 aliphatic heterocycles. The van der Waals surface area contributed by atoms with Crippen LogP contribution < -0.4 is 5.32 Å². The number of nitrogens with zero attached hydrogens (tertiary/aromatic N) is 1. The molecule has 0 aromatic rings. The van der Waals surface area contributed by atoms with Gasteiger partial charge in [0.1, 0.15) is 0 Å². The summed E-state index contributed by atoms with van der Waals surface area (Å²) in [6.45, 7) is 8.19. The Labute approximate surface area is 93.2 Å². The van der Waals surface area contributed by atoms with Crippen molar-refractivity contribution in [3.05, 3.63) is 0 Å². The molecule has 0 radical (unpaired) electrons. The van der Waals surface area contributed by atoms with Crippen molar-refractivity contribution in [1.82, 2.24) is 10.2 Å². The normalized spacial score (nSPS) is 21.7. The molecule has 3 nitrogen and oxygen atoms in total. The number of hydrogen-bond donors (Lipinski definition) is 1. The van der Waals surface area contributed by atoms with Gasteiger partial charge in [0.05, 0.1) is 6.04 Å². The molecule has 1 fully saturated rings. The van der Waals surface area contributed by atoms with Gasteiger partial charge >= 0.3 is 0 Å². The zero-order valence-electron chi connectivity index (χ0n) is 10.3. The van der Waals surface area contributed by atoms with E-state index in [1.165, 1.54) is 12.8 Å². The van der Waals surface area contributed by atoms with Gasteiger partial charge in [0.2, 0.25) is 5.91 Å². The Balaban J connectivity index is 2.53. The molecule has 1 unspecified atom stereocenters. The molecule has 88 valence electrons. The zero-order chi connectivity index (χ0) is 11.3. The zero-order valence-corrected chi connectivity index (χ0v) is 10.3. The van der Waals surface area contributed by atoms with E-state index < -0.39 is 0 Å². The van der Waals surface area contributed by atoms with Crippen molar-refractivity contribution in [3.63, 3.8) is 0 Å². The Hall–Kier alpha value is -0.570. The molecule has 1 heterocycles. The summed E-state index contributed by atoms with van der Waals surface area (Å²) < 4.78 is 0. The van der Waals surface area contributed by atoms with Crippen LogP contribution in [-0.4, -0.2) is 36.0 Å². The SMILES string of the molecule is CCCN(C(=O)C1CCCCN1)C(C)C. The van der Waals surface area contributed by atoms with Crippen molar-refractivity contribution in [2.45, 2.75) is 58.5 Å². The van der Waals surface area contributed by atoms with Crippen LogP contribution in [0.4, 0.5) is 0 Å². The van der Waals surface area contributed by atoms with E-state index in [9.17, 15) is 4.79 Å². The van der Waals surface area contributed by atoms with Crippen LogP contribution in [0.1, 0.15) is 46.5 Å². The molecule has 1 N–H and O–H groups in total. The lowest BCUT2D eigenvalue weighted by atomic mass is 10.0. The quantitative estimate of drug-likeness (QED) is 0.770. The fraction of sp³-hybridized carbons (Fsp3) is 0.917. The predicted molar refractivity (Wildman–Crippen MR) is 62.8 cm³/mol. The van der Waals surface area contributed by atoms with Gasteiger partial charge < -0.3 is 10.2 Å². The van der Waals surface area contributed by atoms with E-state index in [2.05, 4.69) is 26.1 Å². The molecule has 1 amide bonds. The van der Waals surface area contributed by atoms with Crippen LogP contribution >= 0.6 is 0 Å². The van der Waals surface area contributed by atoms with Crippen molar-refractivity contribution in [3.8, 4) is 0 Å². The minimum Gasteiger partial charge on any atom is -0.339 e. The first-order valence-electron chi connectivity index (χ1n) is 6.20. The summed E-state index contributed by atoms with van der Waals surface area (Å²) in [6, 6.07) is 0.397. The largest absolute Gasteiger partial charge is 0.339 e. The van der Waals surface area contributed by atoms with Crippen LogP contribution in [0.2, 0.25) is 0 Å². The summed E-state index contributed by atoms with van der Waals surface area (Å²) in [5.41, 5.74) is 0. The van der Waals surface area contributed by atoms with Crippen molar-refractivity contribution < 1.29 is 4.79 Å². The standard InChI is InChI=1S/C12H24N2O/c1-4-9-14(10(2)3)12(15)11-7-5-6-8-13-11/h10-11,13H,4-9H2,1-3H3. The van der Waals surface area contributed by atoms with Crippen molar-refractivity contribution in [1.29, 1.82) is 0 Å². The number of rotatable bonds is 4. The van der Waals surface area contributed by atoms with Gasteiger partial charge in [-0.2, -0.15) is 0 Å². The minimum absolute atomic E-state index is 0.0766. The molecule has 0 spiro atoms. The molecule has 0 aromatic heterocycles. The fourth-order valence-corrected chi connectivity index (χ4v) is 2.13. The Morgan fingerprint density at radius 1 is 1.47 bits per heavy atom. The highest BCUT2D eigenvalue weighted by Gasteiger charge is 2.26. The third-order valence-electron chi connectivity index (χ3n) is 2.98. The molecule has 0 saturated carbocycles. The maximum atomic E-state index is 12.2. The summed E-state index contributed by atoms with van der Waals surface area (Å²) in [4.78, 5) is 14.2. The summed E-state index contributed by atoms with van der Waals surface area (Å²) >= 11 is 0. The smallest absolute Gasteiger partial charge is 0.239 e. The van der Waals surface area contributed by atoms with Crippen LogP contribution in [0, 0.1) is 0 Å². The lowest BCUT2D eigenvalue weighted by Gasteiger charge is -2.32. The summed E-state index contributed by atoms with van der Waals surface area (Å²) in [5, 5.41) is 3.32. The molecule has 0 aliphatic carbocycles. The van der Waals surface area contributed by atoms with E-state index in [1.807, 2.05) is 4.90 Å². The third kappa shape index (κ3) is 3.49. The van der Waals surface area contributed by atoms with Gasteiger partial charge in [0.15, 0.2) is 0 Å². The Morgan fingerprint density at radius 2 is 2.20 bits per heavy atom. The van der Waals surface area contributed by atoms with Gasteiger partial charge in [-0.15, -0.1) is 0 Å². The molecule has 15 heavy (non-hydrogen) atoms. The molecular weight excluding hydrogens is 188 g/mol. The molecule has 1 atom stereocenters. The summed E-state index contributed by atoms with van der Waals surface area (Å²) in [5.74, 6) is 0.298. The highest BCUT2D eigenvalue weighted by Crippen LogP contribution is 2.12. The monoisotopic (exact) mass is 212 g/mol. The van der Waals surface area contributed by atoms with Gasteiger partial charge in [-0.1, -0.05) is 13.3 Å². The van der Waals surface area contributed by atoms with Crippen LogP contribution in [0.5, 0.6) is 0 Å². The maximum Gasteiger partial charge on any atom is 0.239 e. The summed E-state index contributed by atoms with van der Waals surface area (Å²) in [7, 11) is 0. The molecule has 1 rings (SSSR count). The number of piperidine rings is 1. The Kier molecular flexibility index (Phi) is 5.09. The van der Waals surface area contributed by atoms with Gasteiger partial charge in [0, 0.05) is 12.6 Å². The van der Waals surface area contributed by atoms with Crippen LogP contribution in [-0.2, 0) is 4.79 Å². The number of nitrogens with one attached hydrogen (secondary N) is 1. The van der Waals surface area contributed by atoms with E-state index in [4.69, 9.17) is 0 Å². The molecule has 0 aromatic carbocycles. The molecular formula is C12H24N2O.